The number of nitrogens with one attached hydrogen (secondary N) is 1. The number of carboxylic acid groups (broad SMARTS) is 1. The van der Waals surface area contributed by atoms with Crippen molar-refractivity contribution in [3.8, 4) is 5.75 Å². The minimum Gasteiger partial charge on any atom is -0.483 e. The predicted octanol–water partition coefficient (Wildman–Crippen LogP) is 1.47. The lowest BCUT2D eigenvalue weighted by Crippen LogP contribution is -2.56. The monoisotopic (exact) mass is 599 g/mol. The first kappa shape index (κ1) is 31.5. The largest absolute Gasteiger partial charge is 0.483 e. The van der Waals surface area contributed by atoms with Crippen molar-refractivity contribution < 1.29 is 43.3 Å². The van der Waals surface area contributed by atoms with Crippen LogP contribution in [-0.2, 0) is 23.9 Å². The molecule has 2 aliphatic heterocycles. The van der Waals surface area contributed by atoms with E-state index >= 15 is 0 Å². The number of fused-ring (bicyclic) bond motifs is 1. The van der Waals surface area contributed by atoms with E-state index in [1.54, 1.807) is 36.1 Å². The molecule has 3 heterocycles. The van der Waals surface area contributed by atoms with Crippen molar-refractivity contribution in [2.24, 2.45) is 0 Å². The van der Waals surface area contributed by atoms with Gasteiger partial charge in [0.15, 0.2) is 6.61 Å². The van der Waals surface area contributed by atoms with Crippen LogP contribution < -0.4 is 10.1 Å². The highest BCUT2D eigenvalue weighted by molar-refractivity contribution is 5.99. The summed E-state index contributed by atoms with van der Waals surface area (Å²) in [5.74, 6) is -2.31. The zero-order chi connectivity index (χ0) is 31.1. The average Bonchev–Trinajstić information content (AvgIpc) is 3.36. The molecule has 1 aromatic heterocycles. The third kappa shape index (κ3) is 7.69. The first-order chi connectivity index (χ1) is 20.5. The van der Waals surface area contributed by atoms with Crippen LogP contribution in [0.1, 0.15) is 44.1 Å². The van der Waals surface area contributed by atoms with Gasteiger partial charge in [0.05, 0.1) is 24.3 Å². The van der Waals surface area contributed by atoms with Crippen molar-refractivity contribution in [3.05, 3.63) is 36.0 Å². The molecule has 232 valence electrons. The van der Waals surface area contributed by atoms with Crippen LogP contribution >= 0.6 is 0 Å². The van der Waals surface area contributed by atoms with E-state index < -0.39 is 35.5 Å². The summed E-state index contributed by atoms with van der Waals surface area (Å²) in [6.07, 6.45) is -0.959. The van der Waals surface area contributed by atoms with Gasteiger partial charge in [0, 0.05) is 44.1 Å². The fourth-order valence-corrected chi connectivity index (χ4v) is 4.95. The maximum absolute atomic E-state index is 13.4. The average molecular weight is 600 g/mol. The summed E-state index contributed by atoms with van der Waals surface area (Å²) in [4.78, 5) is 72.0. The first-order valence-electron chi connectivity index (χ1n) is 14.1. The molecule has 1 atom stereocenters. The zero-order valence-electron chi connectivity index (χ0n) is 24.5. The minimum absolute atomic E-state index is 0.0637. The van der Waals surface area contributed by atoms with Gasteiger partial charge in [0.1, 0.15) is 24.2 Å². The number of amides is 4. The Morgan fingerprint density at radius 1 is 1.09 bits per heavy atom. The molecule has 4 amide bonds. The maximum Gasteiger partial charge on any atom is 0.409 e. The molecule has 14 nitrogen and oxygen atoms in total. The Morgan fingerprint density at radius 2 is 1.79 bits per heavy atom. The van der Waals surface area contributed by atoms with Crippen LogP contribution in [0, 0.1) is 0 Å². The van der Waals surface area contributed by atoms with E-state index in [1.807, 2.05) is 13.8 Å². The normalized spacial score (nSPS) is 17.0. The molecule has 14 heteroatoms. The van der Waals surface area contributed by atoms with Gasteiger partial charge in [-0.2, -0.15) is 0 Å². The van der Waals surface area contributed by atoms with E-state index in [2.05, 4.69) is 10.3 Å². The number of nitrogens with zero attached hydrogens (tertiary/aromatic N) is 4. The fraction of sp³-hybridized carbons (Fsp3) is 0.517. The lowest BCUT2D eigenvalue weighted by molar-refractivity contribution is -0.139. The quantitative estimate of drug-likeness (QED) is 0.408. The van der Waals surface area contributed by atoms with Crippen molar-refractivity contribution in [3.63, 3.8) is 0 Å². The molecule has 4 rings (SSSR count). The highest BCUT2D eigenvalue weighted by Crippen LogP contribution is 2.27. The Balaban J connectivity index is 1.49. The number of benzene rings is 1. The molecule has 0 radical (unpaired) electrons. The minimum atomic E-state index is -1.14. The number of ether oxygens (including phenoxy) is 3. The number of rotatable bonds is 10. The molecule has 2 N–H and O–H groups in total. The van der Waals surface area contributed by atoms with Crippen LogP contribution in [0.5, 0.6) is 5.75 Å². The lowest BCUT2D eigenvalue weighted by atomic mass is 10.1. The summed E-state index contributed by atoms with van der Waals surface area (Å²) in [7, 11) is 0. The van der Waals surface area contributed by atoms with Crippen LogP contribution in [0.2, 0.25) is 0 Å². The number of aromatic nitrogens is 1. The number of piperazine rings is 1. The van der Waals surface area contributed by atoms with Gasteiger partial charge in [-0.05, 0) is 39.3 Å². The molecule has 0 spiro atoms. The number of aliphatic carboxylic acids is 1. The van der Waals surface area contributed by atoms with Crippen molar-refractivity contribution in [1.82, 2.24) is 25.0 Å². The predicted molar refractivity (Wildman–Crippen MR) is 152 cm³/mol. The molecular formula is C29H37N5O9. The van der Waals surface area contributed by atoms with E-state index in [0.29, 0.717) is 17.5 Å². The number of carbonyl (C=O) groups excluding carboxylic acids is 4. The summed E-state index contributed by atoms with van der Waals surface area (Å²) < 4.78 is 16.3. The molecule has 43 heavy (non-hydrogen) atoms. The standard InChI is InChI=1S/C29H37N5O9/c1-4-42-28(40)33-13-11-32(12-14-33)27(39)21(9-10-25(36)37)31-26(38)22-15-23(19-7-5-6-8-20(19)30-22)43-16-24(35)34-18-41-17-29(34,2)3/h5-8,15,21H,4,9-14,16-18H2,1-3H3,(H,31,38)(H,36,37). The Morgan fingerprint density at radius 3 is 2.44 bits per heavy atom. The van der Waals surface area contributed by atoms with Crippen molar-refractivity contribution in [1.29, 1.82) is 0 Å². The molecule has 2 aliphatic rings. The Bertz CT molecular complexity index is 1370. The summed E-state index contributed by atoms with van der Waals surface area (Å²) in [5, 5.41) is 12.5. The lowest BCUT2D eigenvalue weighted by Gasteiger charge is -2.35. The SMILES string of the molecule is CCOC(=O)N1CCN(C(=O)C(CCC(=O)O)NC(=O)c2cc(OCC(=O)N3COCC3(C)C)c3ccccc3n2)CC1. The van der Waals surface area contributed by atoms with Crippen molar-refractivity contribution >= 4 is 40.7 Å². The number of hydrogen-bond acceptors (Lipinski definition) is 9. The van der Waals surface area contributed by atoms with E-state index in [4.69, 9.17) is 14.2 Å². The molecule has 2 aromatic rings. The molecule has 0 bridgehead atoms. The molecule has 1 unspecified atom stereocenters. The highest BCUT2D eigenvalue weighted by Gasteiger charge is 2.37. The maximum atomic E-state index is 13.4. The van der Waals surface area contributed by atoms with Gasteiger partial charge in [-0.3, -0.25) is 19.2 Å². The summed E-state index contributed by atoms with van der Waals surface area (Å²) in [5.41, 5.74) is -0.105. The molecule has 0 saturated carbocycles. The van der Waals surface area contributed by atoms with Gasteiger partial charge in [-0.1, -0.05) is 12.1 Å². The molecular weight excluding hydrogens is 562 g/mol. The van der Waals surface area contributed by atoms with Crippen LogP contribution in [0.4, 0.5) is 4.79 Å². The van der Waals surface area contributed by atoms with Gasteiger partial charge in [-0.15, -0.1) is 0 Å². The second-order valence-corrected chi connectivity index (χ2v) is 10.9. The third-order valence-corrected chi connectivity index (χ3v) is 7.34. The number of hydrogen-bond donors (Lipinski definition) is 2. The fourth-order valence-electron chi connectivity index (χ4n) is 4.95. The topological polar surface area (TPSA) is 168 Å². The Kier molecular flexibility index (Phi) is 10.0. The number of carboxylic acids is 1. The molecule has 2 fully saturated rings. The number of carbonyl (C=O) groups is 5. The van der Waals surface area contributed by atoms with Crippen molar-refractivity contribution in [2.45, 2.75) is 45.2 Å². The van der Waals surface area contributed by atoms with E-state index in [0.717, 1.165) is 0 Å². The van der Waals surface area contributed by atoms with Gasteiger partial charge in [0.25, 0.3) is 11.8 Å². The van der Waals surface area contributed by atoms with Gasteiger partial charge >= 0.3 is 12.1 Å². The molecule has 2 saturated heterocycles. The summed E-state index contributed by atoms with van der Waals surface area (Å²) in [6, 6.07) is 7.21. The van der Waals surface area contributed by atoms with Gasteiger partial charge < -0.3 is 39.3 Å². The van der Waals surface area contributed by atoms with E-state index in [-0.39, 0.29) is 76.3 Å². The van der Waals surface area contributed by atoms with E-state index in [9.17, 15) is 29.1 Å². The van der Waals surface area contributed by atoms with Crippen LogP contribution in [0.15, 0.2) is 30.3 Å². The Hall–Kier alpha value is -4.46. The Labute approximate surface area is 248 Å². The van der Waals surface area contributed by atoms with Crippen LogP contribution in [0.25, 0.3) is 10.9 Å². The van der Waals surface area contributed by atoms with Gasteiger partial charge in [-0.25, -0.2) is 9.78 Å². The highest BCUT2D eigenvalue weighted by atomic mass is 16.6. The van der Waals surface area contributed by atoms with E-state index in [1.165, 1.54) is 15.9 Å². The second-order valence-electron chi connectivity index (χ2n) is 10.9. The second kappa shape index (κ2) is 13.7. The van der Waals surface area contributed by atoms with Gasteiger partial charge in [0.2, 0.25) is 5.91 Å². The smallest absolute Gasteiger partial charge is 0.409 e. The van der Waals surface area contributed by atoms with Crippen LogP contribution in [-0.4, -0.2) is 119 Å². The number of para-hydroxylation sites is 1. The third-order valence-electron chi connectivity index (χ3n) is 7.34. The first-order valence-corrected chi connectivity index (χ1v) is 14.1. The summed E-state index contributed by atoms with van der Waals surface area (Å²) >= 11 is 0. The molecule has 1 aromatic carbocycles. The van der Waals surface area contributed by atoms with Crippen molar-refractivity contribution in [2.75, 3.05) is 52.7 Å². The molecule has 0 aliphatic carbocycles. The number of pyridine rings is 1. The zero-order valence-corrected chi connectivity index (χ0v) is 24.5. The summed E-state index contributed by atoms with van der Waals surface area (Å²) in [6.45, 7) is 6.90. The van der Waals surface area contributed by atoms with Crippen LogP contribution in [0.3, 0.4) is 0 Å².